The summed E-state index contributed by atoms with van der Waals surface area (Å²) in [6.45, 7) is 3.86. The highest BCUT2D eigenvalue weighted by molar-refractivity contribution is 9.11. The van der Waals surface area contributed by atoms with Crippen LogP contribution in [0.25, 0.3) is 0 Å². The van der Waals surface area contributed by atoms with Crippen LogP contribution in [0.4, 0.5) is 5.69 Å². The van der Waals surface area contributed by atoms with Gasteiger partial charge in [0.15, 0.2) is 0 Å². The van der Waals surface area contributed by atoms with Crippen molar-refractivity contribution in [3.05, 3.63) is 50.9 Å². The monoisotopic (exact) mass is 427 g/mol. The number of anilines is 1. The Morgan fingerprint density at radius 1 is 1.18 bits per heavy atom. The predicted octanol–water partition coefficient (Wildman–Crippen LogP) is 4.96. The van der Waals surface area contributed by atoms with Gasteiger partial charge in [0.1, 0.15) is 11.5 Å². The molecule has 0 aliphatic heterocycles. The number of hydrogen-bond acceptors (Lipinski definition) is 3. The summed E-state index contributed by atoms with van der Waals surface area (Å²) in [5.74, 6) is 0.486. The van der Waals surface area contributed by atoms with Crippen molar-refractivity contribution in [3.8, 4) is 11.5 Å². The fourth-order valence-electron chi connectivity index (χ4n) is 1.82. The van der Waals surface area contributed by atoms with E-state index in [1.54, 1.807) is 30.3 Å². The lowest BCUT2D eigenvalue weighted by Crippen LogP contribution is -2.12. The second-order valence-electron chi connectivity index (χ2n) is 4.94. The van der Waals surface area contributed by atoms with Crippen LogP contribution in [0.5, 0.6) is 11.5 Å². The highest BCUT2D eigenvalue weighted by Gasteiger charge is 2.11. The van der Waals surface area contributed by atoms with Crippen LogP contribution in [0.15, 0.2) is 45.3 Å². The maximum absolute atomic E-state index is 12.3. The molecule has 0 aliphatic rings. The molecule has 1 amide bonds. The number of phenolic OH excluding ortho intramolecular Hbond substituents is 1. The number of carbonyl (C=O) groups is 1. The standard InChI is InChI=1S/C16H15Br2NO3/c1-9(2)22-12-5-3-4-10(6-12)16(21)19-11-7-13(17)15(20)14(18)8-11/h3-9,20H,1-2H3,(H,19,21). The third-order valence-corrected chi connectivity index (χ3v) is 3.95. The fraction of sp³-hybridized carbons (Fsp3) is 0.188. The van der Waals surface area contributed by atoms with Gasteiger partial charge in [0.2, 0.25) is 0 Å². The van der Waals surface area contributed by atoms with Crippen molar-refractivity contribution >= 4 is 43.5 Å². The average molecular weight is 429 g/mol. The molecule has 6 heteroatoms. The van der Waals surface area contributed by atoms with Crippen molar-refractivity contribution in [2.75, 3.05) is 5.32 Å². The van der Waals surface area contributed by atoms with Gasteiger partial charge in [-0.1, -0.05) is 6.07 Å². The van der Waals surface area contributed by atoms with Gasteiger partial charge in [-0.3, -0.25) is 4.79 Å². The number of phenols is 1. The molecule has 0 aliphatic carbocycles. The van der Waals surface area contributed by atoms with E-state index in [0.29, 0.717) is 25.9 Å². The highest BCUT2D eigenvalue weighted by atomic mass is 79.9. The number of aromatic hydroxyl groups is 1. The smallest absolute Gasteiger partial charge is 0.255 e. The normalized spacial score (nSPS) is 10.6. The molecule has 2 rings (SSSR count). The fourth-order valence-corrected chi connectivity index (χ4v) is 3.01. The first-order valence-corrected chi connectivity index (χ1v) is 8.21. The Morgan fingerprint density at radius 3 is 2.41 bits per heavy atom. The van der Waals surface area contributed by atoms with Gasteiger partial charge in [-0.05, 0) is 76.0 Å². The van der Waals surface area contributed by atoms with Crippen LogP contribution in [0.2, 0.25) is 0 Å². The number of nitrogens with one attached hydrogen (secondary N) is 1. The average Bonchev–Trinajstić information content (AvgIpc) is 2.44. The Balaban J connectivity index is 2.19. The Labute approximate surface area is 145 Å². The minimum absolute atomic E-state index is 0.0438. The topological polar surface area (TPSA) is 58.6 Å². The number of hydrogen-bond donors (Lipinski definition) is 2. The van der Waals surface area contributed by atoms with E-state index in [1.807, 2.05) is 19.9 Å². The summed E-state index contributed by atoms with van der Waals surface area (Å²) in [6.07, 6.45) is 0.0438. The van der Waals surface area contributed by atoms with E-state index >= 15 is 0 Å². The second-order valence-corrected chi connectivity index (χ2v) is 6.65. The highest BCUT2D eigenvalue weighted by Crippen LogP contribution is 2.35. The summed E-state index contributed by atoms with van der Waals surface area (Å²) in [5.41, 5.74) is 1.07. The molecule has 0 fully saturated rings. The lowest BCUT2D eigenvalue weighted by molar-refractivity contribution is 0.102. The van der Waals surface area contributed by atoms with Crippen LogP contribution >= 0.6 is 31.9 Å². The molecule has 2 aromatic carbocycles. The maximum Gasteiger partial charge on any atom is 0.255 e. The summed E-state index contributed by atoms with van der Waals surface area (Å²) in [6, 6.07) is 10.3. The van der Waals surface area contributed by atoms with Crippen LogP contribution in [0, 0.1) is 0 Å². The van der Waals surface area contributed by atoms with Gasteiger partial charge in [-0.15, -0.1) is 0 Å². The van der Waals surface area contributed by atoms with Gasteiger partial charge in [0.05, 0.1) is 15.0 Å². The molecule has 2 N–H and O–H groups in total. The van der Waals surface area contributed by atoms with Crippen molar-refractivity contribution in [1.29, 1.82) is 0 Å². The Bertz CT molecular complexity index is 679. The number of rotatable bonds is 4. The summed E-state index contributed by atoms with van der Waals surface area (Å²) in [7, 11) is 0. The largest absolute Gasteiger partial charge is 0.506 e. The van der Waals surface area contributed by atoms with E-state index in [-0.39, 0.29) is 17.8 Å². The minimum atomic E-state index is -0.251. The second kappa shape index (κ2) is 7.15. The lowest BCUT2D eigenvalue weighted by atomic mass is 10.2. The third kappa shape index (κ3) is 4.24. The number of halogens is 2. The Hall–Kier alpha value is -1.53. The Morgan fingerprint density at radius 2 is 1.82 bits per heavy atom. The molecule has 2 aromatic rings. The van der Waals surface area contributed by atoms with Crippen LogP contribution in [0.1, 0.15) is 24.2 Å². The van der Waals surface area contributed by atoms with Crippen molar-refractivity contribution in [2.24, 2.45) is 0 Å². The van der Waals surface area contributed by atoms with Gasteiger partial charge in [0.25, 0.3) is 5.91 Å². The van der Waals surface area contributed by atoms with E-state index in [0.717, 1.165) is 0 Å². The molecule has 0 bridgehead atoms. The first kappa shape index (κ1) is 16.8. The van der Waals surface area contributed by atoms with E-state index in [9.17, 15) is 9.90 Å². The molecular formula is C16H15Br2NO3. The summed E-state index contributed by atoms with van der Waals surface area (Å²) in [5, 5.41) is 12.5. The minimum Gasteiger partial charge on any atom is -0.506 e. The van der Waals surface area contributed by atoms with Crippen molar-refractivity contribution < 1.29 is 14.6 Å². The molecule has 0 spiro atoms. The number of amides is 1. The van der Waals surface area contributed by atoms with Crippen molar-refractivity contribution in [3.63, 3.8) is 0 Å². The zero-order valence-electron chi connectivity index (χ0n) is 12.1. The lowest BCUT2D eigenvalue weighted by Gasteiger charge is -2.11. The molecule has 116 valence electrons. The van der Waals surface area contributed by atoms with Crippen molar-refractivity contribution in [1.82, 2.24) is 0 Å². The van der Waals surface area contributed by atoms with E-state index in [1.165, 1.54) is 0 Å². The molecule has 0 radical (unpaired) electrons. The van der Waals surface area contributed by atoms with Crippen LogP contribution in [-0.4, -0.2) is 17.1 Å². The van der Waals surface area contributed by atoms with E-state index < -0.39 is 0 Å². The molecular weight excluding hydrogens is 414 g/mol. The SMILES string of the molecule is CC(C)Oc1cccc(C(=O)Nc2cc(Br)c(O)c(Br)c2)c1. The first-order valence-electron chi connectivity index (χ1n) is 6.63. The maximum atomic E-state index is 12.3. The van der Waals surface area contributed by atoms with Gasteiger partial charge in [-0.2, -0.15) is 0 Å². The first-order chi connectivity index (χ1) is 10.4. The number of ether oxygens (including phenoxy) is 1. The van der Waals surface area contributed by atoms with Gasteiger partial charge in [0, 0.05) is 11.3 Å². The third-order valence-electron chi connectivity index (χ3n) is 2.74. The van der Waals surface area contributed by atoms with Crippen LogP contribution in [-0.2, 0) is 0 Å². The number of carbonyl (C=O) groups excluding carboxylic acids is 1. The van der Waals surface area contributed by atoms with Gasteiger partial charge < -0.3 is 15.2 Å². The molecule has 0 aromatic heterocycles. The Kier molecular flexibility index (Phi) is 5.47. The molecule has 0 heterocycles. The van der Waals surface area contributed by atoms with Gasteiger partial charge in [-0.25, -0.2) is 0 Å². The van der Waals surface area contributed by atoms with Gasteiger partial charge >= 0.3 is 0 Å². The van der Waals surface area contributed by atoms with E-state index in [4.69, 9.17) is 4.74 Å². The molecule has 0 saturated carbocycles. The quantitative estimate of drug-likeness (QED) is 0.676. The molecule has 0 unspecified atom stereocenters. The number of benzene rings is 2. The summed E-state index contributed by atoms with van der Waals surface area (Å²) < 4.78 is 6.57. The van der Waals surface area contributed by atoms with Crippen LogP contribution < -0.4 is 10.1 Å². The van der Waals surface area contributed by atoms with E-state index in [2.05, 4.69) is 37.2 Å². The molecule has 22 heavy (non-hydrogen) atoms. The van der Waals surface area contributed by atoms with Crippen LogP contribution in [0.3, 0.4) is 0 Å². The zero-order chi connectivity index (χ0) is 16.3. The van der Waals surface area contributed by atoms with Crippen molar-refractivity contribution in [2.45, 2.75) is 20.0 Å². The zero-order valence-corrected chi connectivity index (χ0v) is 15.2. The molecule has 0 saturated heterocycles. The predicted molar refractivity (Wildman–Crippen MR) is 93.7 cm³/mol. The summed E-state index contributed by atoms with van der Waals surface area (Å²) >= 11 is 6.46. The summed E-state index contributed by atoms with van der Waals surface area (Å²) in [4.78, 5) is 12.3. The molecule has 4 nitrogen and oxygen atoms in total. The molecule has 0 atom stereocenters.